The third kappa shape index (κ3) is 6.11. The van der Waals surface area contributed by atoms with Gasteiger partial charge in [0.05, 0.1) is 6.61 Å². The molecule has 23 heavy (non-hydrogen) atoms. The molecule has 0 saturated carbocycles. The third-order valence-electron chi connectivity index (χ3n) is 2.93. The van der Waals surface area contributed by atoms with Crippen molar-refractivity contribution >= 4 is 25.2 Å². The highest BCUT2D eigenvalue weighted by molar-refractivity contribution is 7.54. The zero-order valence-corrected chi connectivity index (χ0v) is 14.7. The zero-order chi connectivity index (χ0) is 17.5. The Morgan fingerprint density at radius 2 is 2.00 bits per heavy atom. The van der Waals surface area contributed by atoms with Gasteiger partial charge in [-0.2, -0.15) is 0 Å². The highest BCUT2D eigenvalue weighted by Gasteiger charge is 2.33. The quantitative estimate of drug-likeness (QED) is 0.372. The van der Waals surface area contributed by atoms with Crippen LogP contribution in [0, 0.1) is 5.82 Å². The van der Waals surface area contributed by atoms with Crippen LogP contribution in [-0.4, -0.2) is 32.6 Å². The Morgan fingerprint density at radius 3 is 2.57 bits per heavy atom. The van der Waals surface area contributed by atoms with Gasteiger partial charge in [0, 0.05) is 25.7 Å². The normalized spacial score (nSPS) is 12.7. The summed E-state index contributed by atoms with van der Waals surface area (Å²) in [5.41, 5.74) is 0. The number of ether oxygens (including phenoxy) is 2. The summed E-state index contributed by atoms with van der Waals surface area (Å²) in [4.78, 5) is 11.7. The van der Waals surface area contributed by atoms with Gasteiger partial charge in [-0.1, -0.05) is 11.6 Å². The summed E-state index contributed by atoms with van der Waals surface area (Å²) < 4.78 is 45.1. The van der Waals surface area contributed by atoms with Crippen LogP contribution < -0.4 is 4.74 Å². The van der Waals surface area contributed by atoms with Gasteiger partial charge in [0.1, 0.15) is 0 Å². The Kier molecular flexibility index (Phi) is 7.99. The maximum Gasteiger partial charge on any atom is 0.370 e. The van der Waals surface area contributed by atoms with Crippen LogP contribution in [0.15, 0.2) is 18.2 Å². The maximum atomic E-state index is 13.5. The van der Waals surface area contributed by atoms with E-state index < -0.39 is 25.2 Å². The number of halogens is 2. The zero-order valence-electron chi connectivity index (χ0n) is 13.1. The predicted octanol–water partition coefficient (Wildman–Crippen LogP) is 4.01. The molecular formula is C14H19ClFO6P. The lowest BCUT2D eigenvalue weighted by Gasteiger charge is -2.20. The fourth-order valence-corrected chi connectivity index (χ4v) is 2.82. The molecule has 0 radical (unpaired) electrons. The molecule has 0 amide bonds. The van der Waals surface area contributed by atoms with Crippen molar-refractivity contribution in [3.05, 3.63) is 29.0 Å². The second-order valence-electron chi connectivity index (χ2n) is 4.52. The van der Waals surface area contributed by atoms with Crippen molar-refractivity contribution in [2.75, 3.05) is 20.8 Å². The second kappa shape index (κ2) is 9.23. The number of hydrogen-bond donors (Lipinski definition) is 0. The first-order valence-corrected chi connectivity index (χ1v) is 8.80. The lowest BCUT2D eigenvalue weighted by atomic mass is 10.3. The summed E-state index contributed by atoms with van der Waals surface area (Å²) in [5, 5.41) is 0.271. The molecule has 1 aromatic carbocycles. The van der Waals surface area contributed by atoms with E-state index in [1.807, 2.05) is 0 Å². The number of rotatable bonds is 9. The number of hydrogen-bond acceptors (Lipinski definition) is 6. The predicted molar refractivity (Wildman–Crippen MR) is 83.3 cm³/mol. The topological polar surface area (TPSA) is 71.1 Å². The van der Waals surface area contributed by atoms with E-state index in [9.17, 15) is 13.8 Å². The summed E-state index contributed by atoms with van der Waals surface area (Å²) in [6.45, 7) is 1.54. The fraction of sp³-hybridized carbons (Fsp3) is 0.500. The van der Waals surface area contributed by atoms with E-state index in [2.05, 4.69) is 0 Å². The summed E-state index contributed by atoms with van der Waals surface area (Å²) in [5.74, 6) is -2.11. The summed E-state index contributed by atoms with van der Waals surface area (Å²) in [6.07, 6.45) is 0.324. The minimum Gasteiger partial charge on any atom is -0.491 e. The molecule has 6 nitrogen and oxygen atoms in total. The minimum atomic E-state index is -3.46. The largest absolute Gasteiger partial charge is 0.491 e. The van der Waals surface area contributed by atoms with E-state index in [4.69, 9.17) is 30.1 Å². The molecule has 0 N–H and O–H groups in total. The second-order valence-corrected chi connectivity index (χ2v) is 7.49. The SMILES string of the molecule is COP(=O)(OC)C(C)OC(=O)CCCOc1ccc(Cl)cc1F. The highest BCUT2D eigenvalue weighted by atomic mass is 35.5. The van der Waals surface area contributed by atoms with Crippen LogP contribution in [0.3, 0.4) is 0 Å². The number of benzene rings is 1. The van der Waals surface area contributed by atoms with Gasteiger partial charge >= 0.3 is 13.6 Å². The Balaban J connectivity index is 2.35. The average Bonchev–Trinajstić information content (AvgIpc) is 2.52. The van der Waals surface area contributed by atoms with E-state index in [0.717, 1.165) is 6.07 Å². The summed E-state index contributed by atoms with van der Waals surface area (Å²) >= 11 is 5.63. The van der Waals surface area contributed by atoms with Crippen LogP contribution in [0.25, 0.3) is 0 Å². The van der Waals surface area contributed by atoms with E-state index in [-0.39, 0.29) is 23.8 Å². The molecular weight excluding hydrogens is 350 g/mol. The molecule has 0 spiro atoms. The van der Waals surface area contributed by atoms with Crippen molar-refractivity contribution < 1.29 is 32.3 Å². The van der Waals surface area contributed by atoms with Gasteiger partial charge < -0.3 is 18.5 Å². The third-order valence-corrected chi connectivity index (χ3v) is 5.18. The van der Waals surface area contributed by atoms with E-state index >= 15 is 0 Å². The van der Waals surface area contributed by atoms with Crippen LogP contribution in [-0.2, 0) is 23.1 Å². The molecule has 9 heteroatoms. The van der Waals surface area contributed by atoms with Crippen molar-refractivity contribution in [3.63, 3.8) is 0 Å². The number of carbonyl (C=O) groups excluding carboxylic acids is 1. The molecule has 0 bridgehead atoms. The Hall–Kier alpha value is -1.14. The maximum absolute atomic E-state index is 13.5. The molecule has 0 aromatic heterocycles. The monoisotopic (exact) mass is 368 g/mol. The molecule has 1 unspecified atom stereocenters. The highest BCUT2D eigenvalue weighted by Crippen LogP contribution is 2.51. The van der Waals surface area contributed by atoms with Crippen molar-refractivity contribution in [1.29, 1.82) is 0 Å². The average molecular weight is 369 g/mol. The lowest BCUT2D eigenvalue weighted by molar-refractivity contribution is -0.145. The van der Waals surface area contributed by atoms with Crippen molar-refractivity contribution in [2.45, 2.75) is 25.6 Å². The van der Waals surface area contributed by atoms with Crippen molar-refractivity contribution in [2.24, 2.45) is 0 Å². The number of carbonyl (C=O) groups is 1. The molecule has 1 rings (SSSR count). The Labute approximate surface area is 139 Å². The number of esters is 1. The molecule has 0 aliphatic heterocycles. The minimum absolute atomic E-state index is 0.0208. The van der Waals surface area contributed by atoms with E-state index in [1.165, 1.54) is 33.3 Å². The van der Waals surface area contributed by atoms with Gasteiger partial charge in [-0.15, -0.1) is 0 Å². The summed E-state index contributed by atoms with van der Waals surface area (Å²) in [6, 6.07) is 4.05. The van der Waals surface area contributed by atoms with Crippen LogP contribution in [0.4, 0.5) is 4.39 Å². The van der Waals surface area contributed by atoms with Crippen molar-refractivity contribution in [1.82, 2.24) is 0 Å². The van der Waals surface area contributed by atoms with Gasteiger partial charge in [-0.25, -0.2) is 4.39 Å². The van der Waals surface area contributed by atoms with Crippen molar-refractivity contribution in [3.8, 4) is 5.75 Å². The van der Waals surface area contributed by atoms with Gasteiger partial charge in [0.25, 0.3) is 0 Å². The first-order valence-electron chi connectivity index (χ1n) is 6.81. The molecule has 0 saturated heterocycles. The molecule has 1 atom stereocenters. The van der Waals surface area contributed by atoms with Gasteiger partial charge in [-0.05, 0) is 31.5 Å². The smallest absolute Gasteiger partial charge is 0.370 e. The molecule has 0 heterocycles. The van der Waals surface area contributed by atoms with Crippen LogP contribution in [0.1, 0.15) is 19.8 Å². The fourth-order valence-electron chi connectivity index (χ4n) is 1.68. The summed E-state index contributed by atoms with van der Waals surface area (Å²) in [7, 11) is -1.04. The molecule has 0 fully saturated rings. The molecule has 0 aliphatic carbocycles. The first-order chi connectivity index (χ1) is 10.8. The van der Waals surface area contributed by atoms with Gasteiger partial charge in [0.15, 0.2) is 17.4 Å². The Bertz CT molecular complexity index is 574. The van der Waals surface area contributed by atoms with Crippen LogP contribution in [0.2, 0.25) is 5.02 Å². The molecule has 0 aliphatic rings. The van der Waals surface area contributed by atoms with Crippen LogP contribution in [0.5, 0.6) is 5.75 Å². The van der Waals surface area contributed by atoms with E-state index in [0.29, 0.717) is 6.42 Å². The standard InChI is InChI=1S/C14H19ClFO6P/c1-10(23(18,19-2)20-3)22-14(17)5-4-8-21-13-7-6-11(15)9-12(13)16/h6-7,9-10H,4-5,8H2,1-3H3. The van der Waals surface area contributed by atoms with Gasteiger partial charge in [-0.3, -0.25) is 9.36 Å². The molecule has 130 valence electrons. The Morgan fingerprint density at radius 1 is 1.35 bits per heavy atom. The first kappa shape index (κ1) is 19.9. The van der Waals surface area contributed by atoms with E-state index in [1.54, 1.807) is 0 Å². The van der Waals surface area contributed by atoms with Gasteiger partial charge in [0.2, 0.25) is 0 Å². The lowest BCUT2D eigenvalue weighted by Crippen LogP contribution is -2.17. The van der Waals surface area contributed by atoms with Crippen LogP contribution >= 0.6 is 19.2 Å². The molecule has 1 aromatic rings.